The van der Waals surface area contributed by atoms with E-state index in [1.54, 1.807) is 0 Å². The summed E-state index contributed by atoms with van der Waals surface area (Å²) in [5.74, 6) is 0.867. The van der Waals surface area contributed by atoms with Gasteiger partial charge in [0.2, 0.25) is 0 Å². The maximum absolute atomic E-state index is 12.6. The molecule has 2 aromatic carbocycles. The van der Waals surface area contributed by atoms with Crippen molar-refractivity contribution in [1.82, 2.24) is 10.2 Å². The number of nitrogens with one attached hydrogen (secondary N) is 1. The third kappa shape index (κ3) is 3.28. The molecule has 0 radical (unpaired) electrons. The molecule has 2 saturated carbocycles. The molecule has 4 atom stereocenters. The molecule has 2 aromatic rings. The fraction of sp³-hybridized carbons (Fsp3) is 0.571. The molecule has 3 fully saturated rings. The molecule has 0 unspecified atom stereocenters. The van der Waals surface area contributed by atoms with E-state index in [2.05, 4.69) is 65.7 Å². The largest absolute Gasteiger partial charge is 0.387 e. The van der Waals surface area contributed by atoms with Crippen LogP contribution in [0.3, 0.4) is 0 Å². The Hall–Kier alpha value is -1.68. The van der Waals surface area contributed by atoms with Gasteiger partial charge >= 0.3 is 0 Å². The molecule has 1 aliphatic heterocycles. The van der Waals surface area contributed by atoms with Crippen LogP contribution in [0.4, 0.5) is 0 Å². The Kier molecular flexibility index (Phi) is 4.79. The number of aryl methyl sites for hydroxylation is 1. The van der Waals surface area contributed by atoms with Crippen LogP contribution in [0, 0.1) is 12.8 Å². The first-order valence-electron chi connectivity index (χ1n) is 12.4. The number of fused-ring (bicyclic) bond motifs is 1. The summed E-state index contributed by atoms with van der Waals surface area (Å²) in [6, 6.07) is 18.4. The van der Waals surface area contributed by atoms with Crippen molar-refractivity contribution < 1.29 is 5.11 Å². The molecule has 0 spiro atoms. The summed E-state index contributed by atoms with van der Waals surface area (Å²) in [6.07, 6.45) is 7.99. The second kappa shape index (κ2) is 7.43. The first kappa shape index (κ1) is 20.0. The van der Waals surface area contributed by atoms with Crippen molar-refractivity contribution in [3.63, 3.8) is 0 Å². The van der Waals surface area contributed by atoms with Gasteiger partial charge in [0, 0.05) is 30.6 Å². The van der Waals surface area contributed by atoms with Crippen LogP contribution in [-0.2, 0) is 18.4 Å². The number of aliphatic hydroxyl groups is 1. The maximum Gasteiger partial charge on any atom is 0.0916 e. The van der Waals surface area contributed by atoms with Crippen molar-refractivity contribution in [1.29, 1.82) is 0 Å². The van der Waals surface area contributed by atoms with Crippen molar-refractivity contribution in [2.45, 2.75) is 81.5 Å². The standard InChI is InChI=1S/C28H36N2O/c1-20-7-10-23-16-26-28(31)17-24(29-18-21-5-3-2-4-6-21)11-12-27(28,25(23)15-20)13-14-30(26)19-22-8-9-22/h2-7,10,15,22,24,26,29,31H,8-9,11-14,16-19H2,1H3/t24-,26+,27-,28+/m0/s1. The van der Waals surface area contributed by atoms with Crippen LogP contribution in [0.5, 0.6) is 0 Å². The van der Waals surface area contributed by atoms with Crippen molar-refractivity contribution in [3.8, 4) is 0 Å². The third-order valence-electron chi connectivity index (χ3n) is 8.95. The molecule has 0 amide bonds. The van der Waals surface area contributed by atoms with Crippen LogP contribution in [0.25, 0.3) is 0 Å². The highest BCUT2D eigenvalue weighted by atomic mass is 16.3. The lowest BCUT2D eigenvalue weighted by Crippen LogP contribution is -2.74. The minimum atomic E-state index is -0.631. The summed E-state index contributed by atoms with van der Waals surface area (Å²) in [6.45, 7) is 5.43. The Morgan fingerprint density at radius 3 is 2.71 bits per heavy atom. The van der Waals surface area contributed by atoms with Gasteiger partial charge in [-0.1, -0.05) is 54.1 Å². The Bertz CT molecular complexity index is 955. The van der Waals surface area contributed by atoms with E-state index in [1.165, 1.54) is 41.6 Å². The highest BCUT2D eigenvalue weighted by Gasteiger charge is 2.64. The lowest BCUT2D eigenvalue weighted by molar-refractivity contribution is -0.172. The summed E-state index contributed by atoms with van der Waals surface area (Å²) >= 11 is 0. The van der Waals surface area contributed by atoms with E-state index in [-0.39, 0.29) is 11.5 Å². The van der Waals surface area contributed by atoms with Gasteiger partial charge in [0.25, 0.3) is 0 Å². The van der Waals surface area contributed by atoms with Gasteiger partial charge in [-0.2, -0.15) is 0 Å². The van der Waals surface area contributed by atoms with Gasteiger partial charge < -0.3 is 10.4 Å². The molecule has 164 valence electrons. The molecule has 0 aromatic heterocycles. The Morgan fingerprint density at radius 1 is 1.06 bits per heavy atom. The number of rotatable bonds is 5. The molecule has 3 aliphatic carbocycles. The van der Waals surface area contributed by atoms with Crippen LogP contribution in [0.15, 0.2) is 48.5 Å². The van der Waals surface area contributed by atoms with Crippen LogP contribution in [-0.4, -0.2) is 40.8 Å². The molecule has 1 heterocycles. The average molecular weight is 417 g/mol. The number of piperidine rings is 1. The molecular weight excluding hydrogens is 380 g/mol. The minimum Gasteiger partial charge on any atom is -0.387 e. The highest BCUT2D eigenvalue weighted by Crippen LogP contribution is 2.58. The van der Waals surface area contributed by atoms with Gasteiger partial charge in [-0.3, -0.25) is 4.90 Å². The smallest absolute Gasteiger partial charge is 0.0916 e. The predicted molar refractivity (Wildman–Crippen MR) is 125 cm³/mol. The zero-order valence-electron chi connectivity index (χ0n) is 18.8. The summed E-state index contributed by atoms with van der Waals surface area (Å²) in [4.78, 5) is 2.68. The van der Waals surface area contributed by atoms with E-state index in [0.29, 0.717) is 6.04 Å². The maximum atomic E-state index is 12.6. The minimum absolute atomic E-state index is 0.0672. The van der Waals surface area contributed by atoms with Gasteiger partial charge in [0.1, 0.15) is 0 Å². The Morgan fingerprint density at radius 2 is 1.90 bits per heavy atom. The quantitative estimate of drug-likeness (QED) is 0.761. The first-order valence-corrected chi connectivity index (χ1v) is 12.4. The summed E-state index contributed by atoms with van der Waals surface area (Å²) < 4.78 is 0. The molecule has 1 saturated heterocycles. The normalized spacial score (nSPS) is 34.8. The summed E-state index contributed by atoms with van der Waals surface area (Å²) in [5, 5.41) is 16.4. The Labute approximate surface area is 186 Å². The van der Waals surface area contributed by atoms with E-state index < -0.39 is 5.60 Å². The first-order chi connectivity index (χ1) is 15.1. The summed E-state index contributed by atoms with van der Waals surface area (Å²) in [7, 11) is 0. The predicted octanol–water partition coefficient (Wildman–Crippen LogP) is 4.35. The van der Waals surface area contributed by atoms with Gasteiger partial charge in [-0.05, 0) is 81.0 Å². The van der Waals surface area contributed by atoms with Crippen LogP contribution in [0.2, 0.25) is 0 Å². The average Bonchev–Trinajstić information content (AvgIpc) is 3.59. The van der Waals surface area contributed by atoms with Gasteiger partial charge in [0.05, 0.1) is 5.60 Å². The second-order valence-corrected chi connectivity index (χ2v) is 10.9. The third-order valence-corrected chi connectivity index (χ3v) is 8.95. The van der Waals surface area contributed by atoms with Crippen molar-refractivity contribution in [2.24, 2.45) is 5.92 Å². The number of benzene rings is 2. The molecule has 4 aliphatic rings. The van der Waals surface area contributed by atoms with Gasteiger partial charge in [-0.25, -0.2) is 0 Å². The molecule has 2 N–H and O–H groups in total. The monoisotopic (exact) mass is 416 g/mol. The van der Waals surface area contributed by atoms with Gasteiger partial charge in [-0.15, -0.1) is 0 Å². The zero-order chi connectivity index (χ0) is 21.1. The van der Waals surface area contributed by atoms with Crippen LogP contribution < -0.4 is 5.32 Å². The molecule has 2 bridgehead atoms. The fourth-order valence-corrected chi connectivity index (χ4v) is 7.10. The number of nitrogens with zero attached hydrogens (tertiary/aromatic N) is 1. The number of likely N-dealkylation sites (tertiary alicyclic amines) is 1. The Balaban J connectivity index is 1.32. The molecule has 6 rings (SSSR count). The van der Waals surface area contributed by atoms with Crippen molar-refractivity contribution in [2.75, 3.05) is 13.1 Å². The van der Waals surface area contributed by atoms with Crippen LogP contribution >= 0.6 is 0 Å². The van der Waals surface area contributed by atoms with Gasteiger partial charge in [0.15, 0.2) is 0 Å². The van der Waals surface area contributed by atoms with E-state index in [4.69, 9.17) is 0 Å². The lowest BCUT2D eigenvalue weighted by atomic mass is 9.49. The van der Waals surface area contributed by atoms with Crippen LogP contribution in [0.1, 0.15) is 60.8 Å². The topological polar surface area (TPSA) is 35.5 Å². The second-order valence-electron chi connectivity index (χ2n) is 10.9. The zero-order valence-corrected chi connectivity index (χ0v) is 18.8. The molecule has 3 nitrogen and oxygen atoms in total. The number of hydrogen-bond donors (Lipinski definition) is 2. The molecule has 3 heteroatoms. The van der Waals surface area contributed by atoms with E-state index in [1.807, 2.05) is 0 Å². The van der Waals surface area contributed by atoms with Crippen molar-refractivity contribution >= 4 is 0 Å². The lowest BCUT2D eigenvalue weighted by Gasteiger charge is -2.65. The van der Waals surface area contributed by atoms with E-state index in [9.17, 15) is 5.11 Å². The number of hydrogen-bond acceptors (Lipinski definition) is 3. The molecular formula is C28H36N2O. The summed E-state index contributed by atoms with van der Waals surface area (Å²) in [5.41, 5.74) is 4.93. The van der Waals surface area contributed by atoms with E-state index >= 15 is 0 Å². The fourth-order valence-electron chi connectivity index (χ4n) is 7.10. The molecule has 31 heavy (non-hydrogen) atoms. The van der Waals surface area contributed by atoms with E-state index in [0.717, 1.165) is 51.1 Å². The van der Waals surface area contributed by atoms with Crippen molar-refractivity contribution in [3.05, 3.63) is 70.8 Å². The highest BCUT2D eigenvalue weighted by molar-refractivity contribution is 5.47. The SMILES string of the molecule is Cc1ccc2c(c1)[C@@]13CC[C@H](NCc4ccccc4)C[C@@]1(O)[C@@H](C2)N(CC1CC1)CC3.